The van der Waals surface area contributed by atoms with Gasteiger partial charge in [-0.15, -0.1) is 0 Å². The highest BCUT2D eigenvalue weighted by molar-refractivity contribution is 6.33. The molecule has 0 saturated carbocycles. The number of hydrogen-bond donors (Lipinski definition) is 0. The van der Waals surface area contributed by atoms with E-state index in [9.17, 15) is 4.79 Å². The summed E-state index contributed by atoms with van der Waals surface area (Å²) in [6.07, 6.45) is 3.19. The molecule has 2 aromatic carbocycles. The third kappa shape index (κ3) is 3.33. The van der Waals surface area contributed by atoms with Gasteiger partial charge in [-0.25, -0.2) is 0 Å². The van der Waals surface area contributed by atoms with Crippen molar-refractivity contribution in [2.24, 2.45) is 0 Å². The summed E-state index contributed by atoms with van der Waals surface area (Å²) in [6.45, 7) is 6.26. The smallest absolute Gasteiger partial charge is 0.259 e. The van der Waals surface area contributed by atoms with E-state index in [4.69, 9.17) is 16.1 Å². The van der Waals surface area contributed by atoms with Gasteiger partial charge in [0.05, 0.1) is 5.02 Å². The van der Waals surface area contributed by atoms with Crippen molar-refractivity contribution in [1.29, 1.82) is 0 Å². The molecule has 0 radical (unpaired) electrons. The summed E-state index contributed by atoms with van der Waals surface area (Å²) in [5.74, 6) is 0.784. The van der Waals surface area contributed by atoms with Gasteiger partial charge in [-0.1, -0.05) is 53.2 Å². The van der Waals surface area contributed by atoms with Gasteiger partial charge in [-0.05, 0) is 38.0 Å². The molecular weight excluding hydrogens is 410 g/mol. The van der Waals surface area contributed by atoms with Gasteiger partial charge in [-0.3, -0.25) is 4.79 Å². The zero-order valence-corrected chi connectivity index (χ0v) is 18.4. The van der Waals surface area contributed by atoms with Crippen LogP contribution < -0.4 is 0 Å². The fraction of sp³-hybridized carbons (Fsp3) is 0.280. The van der Waals surface area contributed by atoms with Crippen molar-refractivity contribution in [2.45, 2.75) is 32.7 Å². The molecule has 5 nitrogen and oxygen atoms in total. The third-order valence-corrected chi connectivity index (χ3v) is 6.61. The number of hydrogen-bond acceptors (Lipinski definition) is 3. The molecule has 1 amide bonds. The monoisotopic (exact) mass is 433 g/mol. The molecule has 6 heteroatoms. The van der Waals surface area contributed by atoms with Gasteiger partial charge in [0.1, 0.15) is 17.0 Å². The van der Waals surface area contributed by atoms with Crippen LogP contribution >= 0.6 is 11.6 Å². The number of fused-ring (bicyclic) bond motifs is 1. The maximum atomic E-state index is 13.5. The molecule has 31 heavy (non-hydrogen) atoms. The minimum absolute atomic E-state index is 0.0459. The van der Waals surface area contributed by atoms with Gasteiger partial charge in [-0.2, -0.15) is 0 Å². The van der Waals surface area contributed by atoms with Crippen LogP contribution in [0.3, 0.4) is 0 Å². The van der Waals surface area contributed by atoms with Crippen LogP contribution in [0.4, 0.5) is 0 Å². The van der Waals surface area contributed by atoms with Crippen molar-refractivity contribution >= 4 is 28.4 Å². The molecule has 0 bridgehead atoms. The van der Waals surface area contributed by atoms with Gasteiger partial charge in [0.15, 0.2) is 0 Å². The van der Waals surface area contributed by atoms with E-state index >= 15 is 0 Å². The standard InChI is InChI=1S/C25H24ClN3O2/c1-3-28-15-20(18-8-5-7-11-22(18)28)17-12-13-29(14-17)25(30)23-16(2)31-27-24(23)19-9-4-6-10-21(19)26/h4-11,15,17H,3,12-14H2,1-2H3. The van der Waals surface area contributed by atoms with Crippen molar-refractivity contribution in [1.82, 2.24) is 14.6 Å². The first-order valence-electron chi connectivity index (χ1n) is 10.7. The first-order valence-corrected chi connectivity index (χ1v) is 11.0. The summed E-state index contributed by atoms with van der Waals surface area (Å²) in [7, 11) is 0. The average molecular weight is 434 g/mol. The normalized spacial score (nSPS) is 16.4. The molecule has 1 unspecified atom stereocenters. The number of aryl methyl sites for hydroxylation is 2. The van der Waals surface area contributed by atoms with Crippen LogP contribution in [0.25, 0.3) is 22.2 Å². The SMILES string of the molecule is CCn1cc(C2CCN(C(=O)c3c(-c4ccccc4Cl)noc3C)C2)c2ccccc21. The highest BCUT2D eigenvalue weighted by atomic mass is 35.5. The Kier molecular flexibility index (Phi) is 5.06. The van der Waals surface area contributed by atoms with Crippen molar-refractivity contribution in [2.75, 3.05) is 13.1 Å². The molecule has 2 aromatic heterocycles. The van der Waals surface area contributed by atoms with E-state index in [0.29, 0.717) is 46.6 Å². The fourth-order valence-electron chi connectivity index (χ4n) is 4.68. The number of likely N-dealkylation sites (tertiary alicyclic amines) is 1. The molecule has 1 aliphatic heterocycles. The molecule has 0 N–H and O–H groups in total. The first kappa shape index (κ1) is 19.9. The number of carbonyl (C=O) groups excluding carboxylic acids is 1. The van der Waals surface area contributed by atoms with Crippen LogP contribution in [-0.2, 0) is 6.54 Å². The summed E-state index contributed by atoms with van der Waals surface area (Å²) in [6, 6.07) is 15.9. The Morgan fingerprint density at radius 3 is 2.77 bits per heavy atom. The second-order valence-corrected chi connectivity index (χ2v) is 8.47. The molecule has 0 aliphatic carbocycles. The second kappa shape index (κ2) is 7.89. The average Bonchev–Trinajstić information content (AvgIpc) is 3.50. The van der Waals surface area contributed by atoms with Crippen molar-refractivity contribution in [3.63, 3.8) is 0 Å². The van der Waals surface area contributed by atoms with Crippen LogP contribution in [-0.4, -0.2) is 33.6 Å². The predicted molar refractivity (Wildman–Crippen MR) is 123 cm³/mol. The lowest BCUT2D eigenvalue weighted by Crippen LogP contribution is -2.29. The van der Waals surface area contributed by atoms with Crippen LogP contribution in [0.5, 0.6) is 0 Å². The lowest BCUT2D eigenvalue weighted by atomic mass is 9.98. The van der Waals surface area contributed by atoms with E-state index in [1.165, 1.54) is 16.5 Å². The maximum Gasteiger partial charge on any atom is 0.259 e. The molecule has 3 heterocycles. The van der Waals surface area contributed by atoms with Gasteiger partial charge < -0.3 is 14.0 Å². The Morgan fingerprint density at radius 1 is 1.19 bits per heavy atom. The zero-order chi connectivity index (χ0) is 21.5. The summed E-state index contributed by atoms with van der Waals surface area (Å²) in [5.41, 5.74) is 4.30. The lowest BCUT2D eigenvalue weighted by molar-refractivity contribution is 0.0789. The quantitative estimate of drug-likeness (QED) is 0.402. The number of nitrogens with zero attached hydrogens (tertiary/aromatic N) is 3. The molecular formula is C25H24ClN3O2. The molecule has 0 spiro atoms. The first-order chi connectivity index (χ1) is 15.1. The number of rotatable bonds is 4. The number of carbonyl (C=O) groups is 1. The number of halogens is 1. The van der Waals surface area contributed by atoms with Crippen LogP contribution in [0, 0.1) is 6.92 Å². The van der Waals surface area contributed by atoms with Crippen LogP contribution in [0.15, 0.2) is 59.3 Å². The van der Waals surface area contributed by atoms with Gasteiger partial charge in [0.2, 0.25) is 0 Å². The summed E-state index contributed by atoms with van der Waals surface area (Å²) in [4.78, 5) is 15.4. The number of benzene rings is 2. The topological polar surface area (TPSA) is 51.3 Å². The molecule has 1 atom stereocenters. The highest BCUT2D eigenvalue weighted by Crippen LogP contribution is 2.36. The molecule has 5 rings (SSSR count). The lowest BCUT2D eigenvalue weighted by Gasteiger charge is -2.17. The van der Waals surface area contributed by atoms with E-state index in [2.05, 4.69) is 47.1 Å². The zero-order valence-electron chi connectivity index (χ0n) is 17.6. The van der Waals surface area contributed by atoms with Crippen molar-refractivity contribution in [3.05, 3.63) is 76.6 Å². The Labute approximate surface area is 186 Å². The van der Waals surface area contributed by atoms with Gasteiger partial charge in [0.25, 0.3) is 5.91 Å². The molecule has 1 saturated heterocycles. The predicted octanol–water partition coefficient (Wildman–Crippen LogP) is 5.91. The number of amides is 1. The fourth-order valence-corrected chi connectivity index (χ4v) is 4.91. The maximum absolute atomic E-state index is 13.5. The molecule has 1 aliphatic rings. The Bertz CT molecular complexity index is 1270. The minimum atomic E-state index is -0.0459. The molecule has 4 aromatic rings. The summed E-state index contributed by atoms with van der Waals surface area (Å²) in [5, 5.41) is 5.99. The highest BCUT2D eigenvalue weighted by Gasteiger charge is 2.33. The van der Waals surface area contributed by atoms with Crippen LogP contribution in [0.1, 0.15) is 40.9 Å². The van der Waals surface area contributed by atoms with E-state index in [-0.39, 0.29) is 5.91 Å². The van der Waals surface area contributed by atoms with E-state index in [0.717, 1.165) is 13.0 Å². The molecule has 1 fully saturated rings. The summed E-state index contributed by atoms with van der Waals surface area (Å²) >= 11 is 6.37. The van der Waals surface area contributed by atoms with Crippen molar-refractivity contribution < 1.29 is 9.32 Å². The Morgan fingerprint density at radius 2 is 1.97 bits per heavy atom. The van der Waals surface area contributed by atoms with Crippen LogP contribution in [0.2, 0.25) is 5.02 Å². The third-order valence-electron chi connectivity index (χ3n) is 6.28. The minimum Gasteiger partial charge on any atom is -0.360 e. The van der Waals surface area contributed by atoms with E-state index < -0.39 is 0 Å². The van der Waals surface area contributed by atoms with Crippen molar-refractivity contribution in [3.8, 4) is 11.3 Å². The largest absolute Gasteiger partial charge is 0.360 e. The molecule has 158 valence electrons. The van der Waals surface area contributed by atoms with E-state index in [1.54, 1.807) is 13.0 Å². The number of para-hydroxylation sites is 1. The Hall–Kier alpha value is -3.05. The summed E-state index contributed by atoms with van der Waals surface area (Å²) < 4.78 is 7.70. The second-order valence-electron chi connectivity index (χ2n) is 8.07. The van der Waals surface area contributed by atoms with Gasteiger partial charge in [0, 0.05) is 48.2 Å². The van der Waals surface area contributed by atoms with Gasteiger partial charge >= 0.3 is 0 Å². The van der Waals surface area contributed by atoms with E-state index in [1.807, 2.05) is 23.1 Å². The Balaban J connectivity index is 1.45. The number of aromatic nitrogens is 2.